The number of carbonyl (C=O) groups is 2. The van der Waals surface area contributed by atoms with Gasteiger partial charge in [-0.3, -0.25) is 14.4 Å². The van der Waals surface area contributed by atoms with Gasteiger partial charge in [-0.25, -0.2) is 14.9 Å². The zero-order valence-corrected chi connectivity index (χ0v) is 18.9. The maximum atomic E-state index is 12.5. The SMILES string of the molecule is CCCCC(CNOCc1ccccc1)C(=O)N1CCCC1.O=CNC1=NC=C(F)CC1. The van der Waals surface area contributed by atoms with Gasteiger partial charge < -0.3 is 10.2 Å². The lowest BCUT2D eigenvalue weighted by Gasteiger charge is -2.23. The molecule has 2 amide bonds. The van der Waals surface area contributed by atoms with Crippen LogP contribution in [0.15, 0.2) is 47.4 Å². The van der Waals surface area contributed by atoms with Crippen molar-refractivity contribution in [2.45, 2.75) is 58.5 Å². The molecule has 0 aliphatic carbocycles. The summed E-state index contributed by atoms with van der Waals surface area (Å²) in [5, 5.41) is 2.36. The molecule has 2 heterocycles. The van der Waals surface area contributed by atoms with E-state index in [1.165, 1.54) is 0 Å². The molecule has 0 radical (unpaired) electrons. The Morgan fingerprint density at radius 3 is 2.62 bits per heavy atom. The highest BCUT2D eigenvalue weighted by molar-refractivity contribution is 5.91. The van der Waals surface area contributed by atoms with Crippen LogP contribution in [0.2, 0.25) is 0 Å². The maximum Gasteiger partial charge on any atom is 0.227 e. The number of benzene rings is 1. The fourth-order valence-electron chi connectivity index (χ4n) is 3.52. The molecule has 1 aromatic rings. The van der Waals surface area contributed by atoms with E-state index in [2.05, 4.69) is 22.7 Å². The minimum Gasteiger partial charge on any atom is -0.342 e. The highest BCUT2D eigenvalue weighted by atomic mass is 19.1. The third-order valence-corrected chi connectivity index (χ3v) is 5.37. The molecule has 7 nitrogen and oxygen atoms in total. The van der Waals surface area contributed by atoms with Crippen molar-refractivity contribution < 1.29 is 18.8 Å². The van der Waals surface area contributed by atoms with Crippen LogP contribution in [-0.2, 0) is 21.0 Å². The number of unbranched alkanes of at least 4 members (excludes halogenated alkanes) is 1. The Bertz CT molecular complexity index is 749. The number of hydrogen-bond acceptors (Lipinski definition) is 5. The lowest BCUT2D eigenvalue weighted by Crippen LogP contribution is -2.38. The van der Waals surface area contributed by atoms with Gasteiger partial charge in [0.25, 0.3) is 0 Å². The highest BCUT2D eigenvalue weighted by Crippen LogP contribution is 2.16. The van der Waals surface area contributed by atoms with Crippen molar-refractivity contribution in [1.29, 1.82) is 0 Å². The summed E-state index contributed by atoms with van der Waals surface area (Å²) < 4.78 is 12.2. The Labute approximate surface area is 190 Å². The number of amidine groups is 1. The zero-order valence-electron chi connectivity index (χ0n) is 18.9. The van der Waals surface area contributed by atoms with E-state index in [0.29, 0.717) is 44.1 Å². The molecule has 3 rings (SSSR count). The Hall–Kier alpha value is -2.58. The van der Waals surface area contributed by atoms with E-state index in [9.17, 15) is 14.0 Å². The van der Waals surface area contributed by atoms with Crippen molar-refractivity contribution in [2.24, 2.45) is 10.9 Å². The molecule has 0 saturated carbocycles. The van der Waals surface area contributed by atoms with E-state index in [1.807, 2.05) is 35.2 Å². The zero-order chi connectivity index (χ0) is 23.0. The van der Waals surface area contributed by atoms with Crippen molar-refractivity contribution in [3.63, 3.8) is 0 Å². The number of amides is 2. The number of allylic oxidation sites excluding steroid dienone is 1. The highest BCUT2D eigenvalue weighted by Gasteiger charge is 2.25. The molecular weight excluding hydrogens is 411 g/mol. The molecule has 0 aromatic heterocycles. The summed E-state index contributed by atoms with van der Waals surface area (Å²) in [6.07, 6.45) is 7.90. The number of nitrogens with one attached hydrogen (secondary N) is 2. The molecule has 1 atom stereocenters. The lowest BCUT2D eigenvalue weighted by molar-refractivity contribution is -0.135. The van der Waals surface area contributed by atoms with E-state index in [0.717, 1.165) is 57.0 Å². The number of carbonyl (C=O) groups excluding carboxylic acids is 2. The van der Waals surface area contributed by atoms with Crippen molar-refractivity contribution in [3.05, 3.63) is 47.9 Å². The van der Waals surface area contributed by atoms with Crippen molar-refractivity contribution in [1.82, 2.24) is 15.7 Å². The van der Waals surface area contributed by atoms with Crippen LogP contribution in [0.5, 0.6) is 0 Å². The van der Waals surface area contributed by atoms with Gasteiger partial charge in [0.2, 0.25) is 12.3 Å². The summed E-state index contributed by atoms with van der Waals surface area (Å²) in [6.45, 7) is 5.14. The van der Waals surface area contributed by atoms with Crippen molar-refractivity contribution >= 4 is 18.2 Å². The normalized spacial score (nSPS) is 16.4. The number of hydroxylamine groups is 1. The molecule has 2 N–H and O–H groups in total. The molecule has 1 aromatic carbocycles. The van der Waals surface area contributed by atoms with Gasteiger partial charge in [0.1, 0.15) is 11.7 Å². The van der Waals surface area contributed by atoms with Gasteiger partial charge in [-0.15, -0.1) is 0 Å². The summed E-state index contributed by atoms with van der Waals surface area (Å²) in [7, 11) is 0. The van der Waals surface area contributed by atoms with E-state index < -0.39 is 0 Å². The fraction of sp³-hybridized carbons (Fsp3) is 0.542. The van der Waals surface area contributed by atoms with Crippen LogP contribution in [0.3, 0.4) is 0 Å². The summed E-state index contributed by atoms with van der Waals surface area (Å²) in [5.41, 5.74) is 4.13. The smallest absolute Gasteiger partial charge is 0.227 e. The second kappa shape index (κ2) is 15.3. The standard InChI is InChI=1S/C18H28N2O2.C6H7FN2O/c1-2-3-11-17(18(21)20-12-7-8-13-20)14-19-22-15-16-9-5-4-6-10-16;7-5-1-2-6(8-3-5)9-4-10/h4-6,9-10,17,19H,2-3,7-8,11-15H2,1H3;3-4H,1-2H2,(H,8,9,10). The third kappa shape index (κ3) is 9.70. The molecule has 0 spiro atoms. The number of halogens is 1. The summed E-state index contributed by atoms with van der Waals surface area (Å²) in [6, 6.07) is 10.1. The average Bonchev–Trinajstić information content (AvgIpc) is 3.36. The molecule has 1 fully saturated rings. The van der Waals surface area contributed by atoms with Gasteiger partial charge >= 0.3 is 0 Å². The second-order valence-electron chi connectivity index (χ2n) is 7.91. The minimum atomic E-state index is -0.239. The Balaban J connectivity index is 0.000000303. The quantitative estimate of drug-likeness (QED) is 0.325. The van der Waals surface area contributed by atoms with Crippen LogP contribution in [0.25, 0.3) is 0 Å². The first-order valence-electron chi connectivity index (χ1n) is 11.4. The third-order valence-electron chi connectivity index (χ3n) is 5.37. The molecule has 0 bridgehead atoms. The number of hydrogen-bond donors (Lipinski definition) is 2. The second-order valence-corrected chi connectivity index (χ2v) is 7.91. The fourth-order valence-corrected chi connectivity index (χ4v) is 3.52. The van der Waals surface area contributed by atoms with Crippen LogP contribution in [0, 0.1) is 5.92 Å². The van der Waals surface area contributed by atoms with Crippen LogP contribution in [0.1, 0.15) is 57.4 Å². The molecule has 1 unspecified atom stereocenters. The van der Waals surface area contributed by atoms with Gasteiger partial charge in [-0.1, -0.05) is 50.1 Å². The van der Waals surface area contributed by atoms with E-state index in [4.69, 9.17) is 4.84 Å². The van der Waals surface area contributed by atoms with Gasteiger partial charge in [0.05, 0.1) is 18.7 Å². The number of nitrogens with zero attached hydrogens (tertiary/aromatic N) is 2. The molecule has 2 aliphatic rings. The van der Waals surface area contributed by atoms with Crippen LogP contribution in [0.4, 0.5) is 4.39 Å². The first-order valence-corrected chi connectivity index (χ1v) is 11.4. The van der Waals surface area contributed by atoms with E-state index in [1.54, 1.807) is 0 Å². The topological polar surface area (TPSA) is 83.0 Å². The van der Waals surface area contributed by atoms with Gasteiger partial charge in [-0.05, 0) is 24.8 Å². The van der Waals surface area contributed by atoms with Gasteiger partial charge in [0, 0.05) is 32.5 Å². The van der Waals surface area contributed by atoms with Gasteiger partial charge in [-0.2, -0.15) is 0 Å². The summed E-state index contributed by atoms with van der Waals surface area (Å²) in [4.78, 5) is 33.6. The van der Waals surface area contributed by atoms with E-state index >= 15 is 0 Å². The molecular formula is C24H35FN4O3. The first kappa shape index (κ1) is 25.7. The van der Waals surface area contributed by atoms with Crippen LogP contribution >= 0.6 is 0 Å². The first-order chi connectivity index (χ1) is 15.6. The Kier molecular flexibility index (Phi) is 12.2. The van der Waals surface area contributed by atoms with E-state index in [-0.39, 0.29) is 11.7 Å². The van der Waals surface area contributed by atoms with Gasteiger partial charge in [0.15, 0.2) is 0 Å². The largest absolute Gasteiger partial charge is 0.342 e. The average molecular weight is 447 g/mol. The Morgan fingerprint density at radius 1 is 1.25 bits per heavy atom. The number of aliphatic imine (C=N–C) groups is 1. The monoisotopic (exact) mass is 446 g/mol. The summed E-state index contributed by atoms with van der Waals surface area (Å²) in [5.74, 6) is 0.614. The summed E-state index contributed by atoms with van der Waals surface area (Å²) >= 11 is 0. The molecule has 32 heavy (non-hydrogen) atoms. The predicted octanol–water partition coefficient (Wildman–Crippen LogP) is 3.87. The Morgan fingerprint density at radius 2 is 2.00 bits per heavy atom. The minimum absolute atomic E-state index is 0.0359. The number of rotatable bonds is 10. The molecule has 8 heteroatoms. The van der Waals surface area contributed by atoms with Crippen LogP contribution < -0.4 is 10.8 Å². The van der Waals surface area contributed by atoms with Crippen LogP contribution in [-0.4, -0.2) is 42.7 Å². The lowest BCUT2D eigenvalue weighted by atomic mass is 10.0. The maximum absolute atomic E-state index is 12.5. The molecule has 176 valence electrons. The molecule has 2 aliphatic heterocycles. The van der Waals surface area contributed by atoms with Crippen molar-refractivity contribution in [2.75, 3.05) is 19.6 Å². The predicted molar refractivity (Wildman–Crippen MR) is 123 cm³/mol. The molecule has 1 saturated heterocycles. The number of likely N-dealkylation sites (tertiary alicyclic amines) is 1. The van der Waals surface area contributed by atoms with Crippen molar-refractivity contribution in [3.8, 4) is 0 Å².